The zero-order valence-electron chi connectivity index (χ0n) is 17.2. The normalized spacial score (nSPS) is 15.1. The van der Waals surface area contributed by atoms with Crippen LogP contribution in [0.15, 0.2) is 34.7 Å². The Morgan fingerprint density at radius 3 is 2.58 bits per heavy atom. The summed E-state index contributed by atoms with van der Waals surface area (Å²) in [5.74, 6) is 1.56. The number of rotatable bonds is 7. The van der Waals surface area contributed by atoms with E-state index in [1.54, 1.807) is 0 Å². The highest BCUT2D eigenvalue weighted by Gasteiger charge is 2.33. The molecule has 1 aromatic heterocycles. The van der Waals surface area contributed by atoms with Gasteiger partial charge in [0.25, 0.3) is 0 Å². The second kappa shape index (κ2) is 10.7. The lowest BCUT2D eigenvalue weighted by atomic mass is 10.2. The van der Waals surface area contributed by atoms with Gasteiger partial charge in [0.1, 0.15) is 11.5 Å². The lowest BCUT2D eigenvalue weighted by molar-refractivity contribution is -0.137. The van der Waals surface area contributed by atoms with Gasteiger partial charge in [0, 0.05) is 31.9 Å². The van der Waals surface area contributed by atoms with Crippen molar-refractivity contribution in [3.8, 4) is 0 Å². The average Bonchev–Trinajstić information content (AvgIpc) is 3.12. The minimum Gasteiger partial charge on any atom is -0.464 e. The number of halogens is 4. The third kappa shape index (κ3) is 7.10. The standard InChI is InChI=1S/C21H25ClF3N3O2S/c1-15-3-5-17(30-15)14-28(8-2-7-27-9-11-29-12-10-27)20(31)26-16-4-6-18(19(22)13-16)21(23,24)25/h3-6,13H,2,7-12,14H2,1H3,(H,26,31). The maximum absolute atomic E-state index is 12.9. The van der Waals surface area contributed by atoms with E-state index in [9.17, 15) is 13.2 Å². The monoisotopic (exact) mass is 475 g/mol. The first-order valence-corrected chi connectivity index (χ1v) is 10.8. The van der Waals surface area contributed by atoms with E-state index in [2.05, 4.69) is 10.2 Å². The minimum absolute atomic E-state index is 0.374. The van der Waals surface area contributed by atoms with Crippen LogP contribution in [0, 0.1) is 6.92 Å². The van der Waals surface area contributed by atoms with Crippen molar-refractivity contribution >= 4 is 34.6 Å². The van der Waals surface area contributed by atoms with Crippen LogP contribution in [0.2, 0.25) is 5.02 Å². The number of aryl methyl sites for hydroxylation is 1. The molecule has 1 saturated heterocycles. The molecule has 1 N–H and O–H groups in total. The number of morpholine rings is 1. The fourth-order valence-electron chi connectivity index (χ4n) is 3.35. The van der Waals surface area contributed by atoms with Crippen molar-refractivity contribution in [2.75, 3.05) is 44.7 Å². The van der Waals surface area contributed by atoms with E-state index in [1.165, 1.54) is 12.1 Å². The van der Waals surface area contributed by atoms with Crippen LogP contribution in [0.3, 0.4) is 0 Å². The summed E-state index contributed by atoms with van der Waals surface area (Å²) < 4.78 is 49.9. The van der Waals surface area contributed by atoms with Crippen LogP contribution in [-0.2, 0) is 17.5 Å². The Kier molecular flexibility index (Phi) is 8.21. The average molecular weight is 476 g/mol. The van der Waals surface area contributed by atoms with Crippen molar-refractivity contribution in [3.63, 3.8) is 0 Å². The molecule has 0 aliphatic carbocycles. The third-order valence-corrected chi connectivity index (χ3v) is 5.63. The zero-order valence-corrected chi connectivity index (χ0v) is 18.7. The van der Waals surface area contributed by atoms with Crippen LogP contribution in [0.1, 0.15) is 23.5 Å². The molecule has 3 rings (SSSR count). The van der Waals surface area contributed by atoms with E-state index in [4.69, 9.17) is 33.0 Å². The highest BCUT2D eigenvalue weighted by atomic mass is 35.5. The van der Waals surface area contributed by atoms with E-state index >= 15 is 0 Å². The predicted molar refractivity (Wildman–Crippen MR) is 118 cm³/mol. The molecule has 0 unspecified atom stereocenters. The molecule has 1 aliphatic heterocycles. The summed E-state index contributed by atoms with van der Waals surface area (Å²) in [6.07, 6.45) is -3.63. The largest absolute Gasteiger partial charge is 0.464 e. The number of alkyl halides is 3. The van der Waals surface area contributed by atoms with Gasteiger partial charge in [0.05, 0.1) is 30.3 Å². The number of furan rings is 1. The maximum Gasteiger partial charge on any atom is 0.417 e. The van der Waals surface area contributed by atoms with E-state index in [-0.39, 0.29) is 5.02 Å². The van der Waals surface area contributed by atoms with Gasteiger partial charge < -0.3 is 19.4 Å². The lowest BCUT2D eigenvalue weighted by Crippen LogP contribution is -2.40. The van der Waals surface area contributed by atoms with Crippen molar-refractivity contribution in [3.05, 3.63) is 52.4 Å². The van der Waals surface area contributed by atoms with Gasteiger partial charge in [-0.15, -0.1) is 0 Å². The molecule has 170 valence electrons. The number of nitrogens with one attached hydrogen (secondary N) is 1. The molecule has 1 aromatic carbocycles. The molecular weight excluding hydrogens is 451 g/mol. The van der Waals surface area contributed by atoms with Gasteiger partial charge in [-0.2, -0.15) is 13.2 Å². The topological polar surface area (TPSA) is 40.9 Å². The first-order valence-electron chi connectivity index (χ1n) is 10.0. The molecule has 0 bridgehead atoms. The Bertz CT molecular complexity index is 885. The Balaban J connectivity index is 1.65. The van der Waals surface area contributed by atoms with E-state index in [0.29, 0.717) is 23.9 Å². The van der Waals surface area contributed by atoms with Crippen molar-refractivity contribution < 1.29 is 22.3 Å². The van der Waals surface area contributed by atoms with Crippen molar-refractivity contribution in [2.45, 2.75) is 26.1 Å². The number of ether oxygens (including phenoxy) is 1. The minimum atomic E-state index is -4.50. The first kappa shape index (κ1) is 23.8. The number of nitrogens with zero attached hydrogens (tertiary/aromatic N) is 2. The maximum atomic E-state index is 12.9. The van der Waals surface area contributed by atoms with Crippen molar-refractivity contribution in [1.82, 2.24) is 9.80 Å². The smallest absolute Gasteiger partial charge is 0.417 e. The van der Waals surface area contributed by atoms with Crippen LogP contribution >= 0.6 is 23.8 Å². The summed E-state index contributed by atoms with van der Waals surface area (Å²) in [4.78, 5) is 4.28. The van der Waals surface area contributed by atoms with Crippen LogP contribution in [0.25, 0.3) is 0 Å². The quantitative estimate of drug-likeness (QED) is 0.556. The molecule has 0 radical (unpaired) electrons. The van der Waals surface area contributed by atoms with Gasteiger partial charge >= 0.3 is 6.18 Å². The van der Waals surface area contributed by atoms with Gasteiger partial charge in [0.2, 0.25) is 0 Å². The fourth-order valence-corrected chi connectivity index (χ4v) is 3.91. The van der Waals surface area contributed by atoms with Gasteiger partial charge in [-0.1, -0.05) is 11.6 Å². The summed E-state index contributed by atoms with van der Waals surface area (Å²) in [6.45, 7) is 7.19. The molecule has 10 heteroatoms. The molecular formula is C21H25ClF3N3O2S. The molecule has 2 heterocycles. The van der Waals surface area contributed by atoms with Crippen LogP contribution < -0.4 is 5.32 Å². The second-order valence-corrected chi connectivity index (χ2v) is 8.16. The third-order valence-electron chi connectivity index (χ3n) is 4.96. The summed E-state index contributed by atoms with van der Waals surface area (Å²) in [7, 11) is 0. The van der Waals surface area contributed by atoms with E-state index in [0.717, 1.165) is 56.9 Å². The number of hydrogen-bond acceptors (Lipinski definition) is 4. The molecule has 1 aliphatic rings. The van der Waals surface area contributed by atoms with Gasteiger partial charge in [-0.05, 0) is 55.9 Å². The van der Waals surface area contributed by atoms with Gasteiger partial charge in [0.15, 0.2) is 5.11 Å². The van der Waals surface area contributed by atoms with Crippen molar-refractivity contribution in [2.24, 2.45) is 0 Å². The first-order chi connectivity index (χ1) is 14.7. The lowest BCUT2D eigenvalue weighted by Gasteiger charge is -2.29. The summed E-state index contributed by atoms with van der Waals surface area (Å²) in [5, 5.41) is 3.03. The molecule has 5 nitrogen and oxygen atoms in total. The summed E-state index contributed by atoms with van der Waals surface area (Å²) in [5.41, 5.74) is -0.476. The molecule has 0 spiro atoms. The zero-order chi connectivity index (χ0) is 22.4. The van der Waals surface area contributed by atoms with E-state index in [1.807, 2.05) is 24.0 Å². The highest BCUT2D eigenvalue weighted by Crippen LogP contribution is 2.35. The predicted octanol–water partition coefficient (Wildman–Crippen LogP) is 5.18. The van der Waals surface area contributed by atoms with Crippen molar-refractivity contribution in [1.29, 1.82) is 0 Å². The molecule has 0 atom stereocenters. The number of benzene rings is 1. The van der Waals surface area contributed by atoms with Crippen LogP contribution in [0.5, 0.6) is 0 Å². The number of thiocarbonyl (C=S) groups is 1. The molecule has 31 heavy (non-hydrogen) atoms. The molecule has 1 fully saturated rings. The summed E-state index contributed by atoms with van der Waals surface area (Å²) >= 11 is 11.4. The number of anilines is 1. The SMILES string of the molecule is Cc1ccc(CN(CCCN2CCOCC2)C(=S)Nc2ccc(C(F)(F)F)c(Cl)c2)o1. The Morgan fingerprint density at radius 2 is 1.97 bits per heavy atom. The Hall–Kier alpha value is -1.81. The Morgan fingerprint density at radius 1 is 1.23 bits per heavy atom. The van der Waals surface area contributed by atoms with Crippen LogP contribution in [-0.4, -0.2) is 54.3 Å². The number of hydrogen-bond donors (Lipinski definition) is 1. The molecule has 0 saturated carbocycles. The summed E-state index contributed by atoms with van der Waals surface area (Å²) in [6, 6.07) is 7.28. The highest BCUT2D eigenvalue weighted by molar-refractivity contribution is 7.80. The van der Waals surface area contributed by atoms with Gasteiger partial charge in [-0.25, -0.2) is 0 Å². The second-order valence-electron chi connectivity index (χ2n) is 7.36. The molecule has 2 aromatic rings. The fraction of sp³-hybridized carbons (Fsp3) is 0.476. The van der Waals surface area contributed by atoms with Gasteiger partial charge in [-0.3, -0.25) is 4.90 Å². The van der Waals surface area contributed by atoms with E-state index < -0.39 is 11.7 Å². The van der Waals surface area contributed by atoms with Crippen LogP contribution in [0.4, 0.5) is 18.9 Å². The Labute approximate surface area is 190 Å². The molecule has 0 amide bonds.